The van der Waals surface area contributed by atoms with E-state index in [0.717, 1.165) is 5.09 Å². The molecule has 0 spiro atoms. The molecule has 16 heavy (non-hydrogen) atoms. The van der Waals surface area contributed by atoms with E-state index < -0.39 is 0 Å². The number of benzene rings is 3. The van der Waals surface area contributed by atoms with Crippen molar-refractivity contribution in [2.75, 3.05) is 0 Å². The van der Waals surface area contributed by atoms with E-state index in [2.05, 4.69) is 72.3 Å². The van der Waals surface area contributed by atoms with Gasteiger partial charge in [-0.2, -0.15) is 0 Å². The third-order valence-electron chi connectivity index (χ3n) is 3.24. The Morgan fingerprint density at radius 3 is 1.75 bits per heavy atom. The zero-order valence-electron chi connectivity index (χ0n) is 9.40. The quantitative estimate of drug-likeness (QED) is 0.413. The SMILES string of the molecule is [Li][CH2]c1c2ccccc2cc2ccccc12. The zero-order chi connectivity index (χ0) is 11.0. The molecule has 0 aromatic heterocycles. The van der Waals surface area contributed by atoms with Gasteiger partial charge in [0.25, 0.3) is 0 Å². The Balaban J connectivity index is 2.56. The van der Waals surface area contributed by atoms with Crippen LogP contribution in [-0.4, -0.2) is 17.7 Å². The van der Waals surface area contributed by atoms with Gasteiger partial charge in [0.15, 0.2) is 0 Å². The molecule has 0 saturated heterocycles. The molecule has 3 rings (SSSR count). The van der Waals surface area contributed by atoms with Gasteiger partial charge in [0.1, 0.15) is 0 Å². The van der Waals surface area contributed by atoms with E-state index in [0.29, 0.717) is 0 Å². The van der Waals surface area contributed by atoms with E-state index >= 15 is 0 Å². The molecule has 0 heterocycles. The number of rotatable bonds is 1. The van der Waals surface area contributed by atoms with Gasteiger partial charge in [0.2, 0.25) is 0 Å². The summed E-state index contributed by atoms with van der Waals surface area (Å²) in [6, 6.07) is 19.6. The van der Waals surface area contributed by atoms with Crippen molar-refractivity contribution in [1.29, 1.82) is 0 Å². The van der Waals surface area contributed by atoms with Crippen LogP contribution in [0, 0.1) is 0 Å². The normalized spacial score (nSPS) is 11.1. The van der Waals surface area contributed by atoms with Gasteiger partial charge in [-0.05, 0) is 0 Å². The molecule has 0 nitrogen and oxygen atoms in total. The van der Waals surface area contributed by atoms with Crippen LogP contribution in [0.3, 0.4) is 0 Å². The standard InChI is InChI=1S/C15H11.Li/c1-11-14-8-4-2-6-12(14)10-13-7-3-5-9-15(11)13;/h2-10H,1H2;. The Bertz CT molecular complexity index is 602. The second kappa shape index (κ2) is 3.98. The zero-order valence-corrected chi connectivity index (χ0v) is 9.40. The average Bonchev–Trinajstić information content (AvgIpc) is 2.36. The van der Waals surface area contributed by atoms with E-state index in [9.17, 15) is 0 Å². The third kappa shape index (κ3) is 1.47. The molecule has 0 aliphatic rings. The van der Waals surface area contributed by atoms with Crippen molar-refractivity contribution < 1.29 is 0 Å². The van der Waals surface area contributed by atoms with Gasteiger partial charge >= 0.3 is 105 Å². The molecule has 0 aliphatic carbocycles. The predicted molar refractivity (Wildman–Crippen MR) is 70.9 cm³/mol. The van der Waals surface area contributed by atoms with Gasteiger partial charge in [-0.25, -0.2) is 0 Å². The molecule has 1 heteroatoms. The third-order valence-corrected chi connectivity index (χ3v) is 3.24. The first-order chi connectivity index (χ1) is 7.90. The van der Waals surface area contributed by atoms with Crippen LogP contribution >= 0.6 is 0 Å². The van der Waals surface area contributed by atoms with Crippen molar-refractivity contribution in [3.05, 3.63) is 60.2 Å². The van der Waals surface area contributed by atoms with Crippen LogP contribution in [0.25, 0.3) is 21.5 Å². The molecule has 0 saturated carbocycles. The van der Waals surface area contributed by atoms with Crippen molar-refractivity contribution in [1.82, 2.24) is 0 Å². The summed E-state index contributed by atoms with van der Waals surface area (Å²) >= 11 is 2.23. The molecule has 0 fully saturated rings. The molecule has 0 N–H and O–H groups in total. The summed E-state index contributed by atoms with van der Waals surface area (Å²) < 4.78 is 0. The first kappa shape index (κ1) is 9.97. The van der Waals surface area contributed by atoms with E-state index in [-0.39, 0.29) is 0 Å². The fraction of sp³-hybridized carbons (Fsp3) is 0.0667. The Morgan fingerprint density at radius 1 is 0.750 bits per heavy atom. The van der Waals surface area contributed by atoms with Gasteiger partial charge in [-0.3, -0.25) is 0 Å². The van der Waals surface area contributed by atoms with Gasteiger partial charge in [-0.1, -0.05) is 0 Å². The molecule has 0 radical (unpaired) electrons. The number of hydrogen-bond donors (Lipinski definition) is 0. The average molecular weight is 198 g/mol. The topological polar surface area (TPSA) is 0 Å². The number of fused-ring (bicyclic) bond motifs is 2. The summed E-state index contributed by atoms with van der Waals surface area (Å²) in [5.74, 6) is 0. The maximum atomic E-state index is 2.28. The first-order valence-electron chi connectivity index (χ1n) is 5.79. The fourth-order valence-corrected chi connectivity index (χ4v) is 2.49. The summed E-state index contributed by atoms with van der Waals surface area (Å²) in [5, 5.41) is 6.56. The second-order valence-electron chi connectivity index (χ2n) is 4.15. The Labute approximate surface area is 104 Å². The van der Waals surface area contributed by atoms with Gasteiger partial charge in [-0.15, -0.1) is 0 Å². The van der Waals surface area contributed by atoms with E-state index in [1.807, 2.05) is 0 Å². The van der Waals surface area contributed by atoms with Crippen LogP contribution in [0.15, 0.2) is 54.6 Å². The van der Waals surface area contributed by atoms with Crippen LogP contribution in [-0.2, 0) is 5.09 Å². The van der Waals surface area contributed by atoms with E-state index in [4.69, 9.17) is 0 Å². The van der Waals surface area contributed by atoms with Crippen molar-refractivity contribution in [2.45, 2.75) is 5.09 Å². The Kier molecular flexibility index (Phi) is 2.48. The van der Waals surface area contributed by atoms with Crippen molar-refractivity contribution in [2.24, 2.45) is 0 Å². The maximum absolute atomic E-state index is 2.28. The summed E-state index contributed by atoms with van der Waals surface area (Å²) in [6.07, 6.45) is 0. The summed E-state index contributed by atoms with van der Waals surface area (Å²) in [6.45, 7) is 0. The molecule has 72 valence electrons. The molecular formula is C15H11Li. The summed E-state index contributed by atoms with van der Waals surface area (Å²) in [7, 11) is 0. The molecule has 0 atom stereocenters. The van der Waals surface area contributed by atoms with Crippen LogP contribution in [0.2, 0.25) is 0 Å². The second-order valence-corrected chi connectivity index (χ2v) is 4.15. The number of hydrogen-bond acceptors (Lipinski definition) is 0. The van der Waals surface area contributed by atoms with Crippen LogP contribution < -0.4 is 0 Å². The fourth-order valence-electron chi connectivity index (χ4n) is 2.49. The summed E-state index contributed by atoms with van der Waals surface area (Å²) in [4.78, 5) is 0. The summed E-state index contributed by atoms with van der Waals surface area (Å²) in [5.41, 5.74) is 1.47. The van der Waals surface area contributed by atoms with Gasteiger partial charge < -0.3 is 0 Å². The van der Waals surface area contributed by atoms with Crippen LogP contribution in [0.4, 0.5) is 0 Å². The van der Waals surface area contributed by atoms with Crippen molar-refractivity contribution in [3.8, 4) is 0 Å². The Hall–Kier alpha value is -1.22. The van der Waals surface area contributed by atoms with E-state index in [1.165, 1.54) is 27.1 Å². The Morgan fingerprint density at radius 2 is 1.25 bits per heavy atom. The molecular weight excluding hydrogens is 187 g/mol. The van der Waals surface area contributed by atoms with E-state index in [1.54, 1.807) is 0 Å². The predicted octanol–water partition coefficient (Wildman–Crippen LogP) is 3.66. The molecule has 0 amide bonds. The first-order valence-corrected chi connectivity index (χ1v) is 5.79. The van der Waals surface area contributed by atoms with Gasteiger partial charge in [0.05, 0.1) is 0 Å². The monoisotopic (exact) mass is 198 g/mol. The van der Waals surface area contributed by atoms with Crippen LogP contribution in [0.5, 0.6) is 0 Å². The molecule has 3 aromatic carbocycles. The molecule has 0 bridgehead atoms. The van der Waals surface area contributed by atoms with Gasteiger partial charge in [0, 0.05) is 0 Å². The molecule has 0 unspecified atom stereocenters. The van der Waals surface area contributed by atoms with Crippen molar-refractivity contribution in [3.63, 3.8) is 0 Å². The van der Waals surface area contributed by atoms with Crippen molar-refractivity contribution >= 4 is 39.3 Å². The molecule has 3 aromatic rings. The molecule has 0 aliphatic heterocycles. The minimum absolute atomic E-state index is 1.09. The minimum atomic E-state index is 1.09. The van der Waals surface area contributed by atoms with Crippen LogP contribution in [0.1, 0.15) is 5.56 Å².